The molecule has 0 bridgehead atoms. The lowest BCUT2D eigenvalue weighted by molar-refractivity contribution is 0.600. The summed E-state index contributed by atoms with van der Waals surface area (Å²) < 4.78 is 2.06. The minimum absolute atomic E-state index is 0.454. The van der Waals surface area contributed by atoms with Crippen molar-refractivity contribution in [3.05, 3.63) is 79.8 Å². The van der Waals surface area contributed by atoms with E-state index in [-0.39, 0.29) is 0 Å². The molecule has 3 aromatic rings. The number of aliphatic imine (C=N–C) groups is 2. The van der Waals surface area contributed by atoms with Crippen LogP contribution in [0, 0.1) is 11.8 Å². The van der Waals surface area contributed by atoms with Gasteiger partial charge in [-0.2, -0.15) is 0 Å². The first-order chi connectivity index (χ1) is 24.4. The first kappa shape index (κ1) is 49.3. The van der Waals surface area contributed by atoms with Gasteiger partial charge in [0, 0.05) is 80.5 Å². The molecule has 2 aliphatic rings. The van der Waals surface area contributed by atoms with Crippen molar-refractivity contribution >= 4 is 23.1 Å². The van der Waals surface area contributed by atoms with Crippen LogP contribution in [0.1, 0.15) is 135 Å². The molecular weight excluding hydrogens is 629 g/mol. The van der Waals surface area contributed by atoms with Crippen LogP contribution < -0.4 is 10.2 Å². The Morgan fingerprint density at radius 3 is 1.75 bits per heavy atom. The molecule has 51 heavy (non-hydrogen) atoms. The molecule has 0 aliphatic carbocycles. The molecule has 1 N–H and O–H groups in total. The van der Waals surface area contributed by atoms with Crippen LogP contribution in [0.3, 0.4) is 0 Å². The maximum absolute atomic E-state index is 4.39. The van der Waals surface area contributed by atoms with Crippen molar-refractivity contribution in [3.8, 4) is 0 Å². The molecule has 0 aromatic carbocycles. The second kappa shape index (κ2) is 32.1. The van der Waals surface area contributed by atoms with Crippen LogP contribution in [-0.2, 0) is 0 Å². The number of pyridine rings is 2. The van der Waals surface area contributed by atoms with E-state index in [1.54, 1.807) is 12.4 Å². The zero-order chi connectivity index (χ0) is 39.0. The molecule has 0 atom stereocenters. The van der Waals surface area contributed by atoms with Gasteiger partial charge in [0.2, 0.25) is 0 Å². The Morgan fingerprint density at radius 2 is 1.37 bits per heavy atom. The Balaban J connectivity index is 0. The molecule has 0 radical (unpaired) electrons. The van der Waals surface area contributed by atoms with E-state index in [1.165, 1.54) is 30.7 Å². The number of rotatable bonds is 9. The van der Waals surface area contributed by atoms with Crippen LogP contribution in [-0.4, -0.2) is 56.6 Å². The second-order valence-corrected chi connectivity index (χ2v) is 13.5. The minimum atomic E-state index is 0.454. The summed E-state index contributed by atoms with van der Waals surface area (Å²) in [7, 11) is 2.05. The molecule has 8 heteroatoms. The van der Waals surface area contributed by atoms with E-state index in [0.717, 1.165) is 42.9 Å². The van der Waals surface area contributed by atoms with Gasteiger partial charge < -0.3 is 14.8 Å². The van der Waals surface area contributed by atoms with Crippen LogP contribution in [0.5, 0.6) is 0 Å². The number of imidazole rings is 1. The van der Waals surface area contributed by atoms with Crippen molar-refractivity contribution in [1.82, 2.24) is 19.5 Å². The van der Waals surface area contributed by atoms with Gasteiger partial charge in [-0.1, -0.05) is 73.6 Å². The molecular formula is C43H76N8. The van der Waals surface area contributed by atoms with Crippen LogP contribution >= 0.6 is 0 Å². The lowest BCUT2D eigenvalue weighted by atomic mass is 10.1. The average Bonchev–Trinajstić information content (AvgIpc) is 3.93. The summed E-state index contributed by atoms with van der Waals surface area (Å²) in [5.74, 6) is 3.52. The van der Waals surface area contributed by atoms with E-state index < -0.39 is 0 Å². The van der Waals surface area contributed by atoms with E-state index in [1.807, 2.05) is 96.1 Å². The summed E-state index contributed by atoms with van der Waals surface area (Å²) in [4.78, 5) is 23.0. The van der Waals surface area contributed by atoms with Crippen LogP contribution in [0.25, 0.3) is 0 Å². The van der Waals surface area contributed by atoms with Gasteiger partial charge in [0.05, 0.1) is 6.33 Å². The molecule has 0 spiro atoms. The summed E-state index contributed by atoms with van der Waals surface area (Å²) in [5, 5.41) is 3.19. The van der Waals surface area contributed by atoms with Gasteiger partial charge >= 0.3 is 0 Å². The molecule has 0 saturated carbocycles. The van der Waals surface area contributed by atoms with Crippen molar-refractivity contribution in [2.75, 3.05) is 23.8 Å². The number of nitrogens with zero attached hydrogens (tertiary/aromatic N) is 7. The minimum Gasteiger partial charge on any atom is -0.368 e. The largest absolute Gasteiger partial charge is 0.368 e. The summed E-state index contributed by atoms with van der Waals surface area (Å²) in [6, 6.07) is 13.3. The quantitative estimate of drug-likeness (QED) is 0.240. The van der Waals surface area contributed by atoms with Crippen molar-refractivity contribution in [2.24, 2.45) is 21.8 Å². The second-order valence-electron chi connectivity index (χ2n) is 13.5. The smallest absolute Gasteiger partial charge is 0.128 e. The number of allylic oxidation sites excluding steroid dienone is 1. The molecule has 5 heterocycles. The number of anilines is 2. The van der Waals surface area contributed by atoms with Crippen molar-refractivity contribution in [1.29, 1.82) is 0 Å². The van der Waals surface area contributed by atoms with E-state index in [4.69, 9.17) is 0 Å². The molecule has 0 unspecified atom stereocenters. The third-order valence-corrected chi connectivity index (χ3v) is 6.97. The van der Waals surface area contributed by atoms with Gasteiger partial charge in [-0.3, -0.25) is 9.98 Å². The summed E-state index contributed by atoms with van der Waals surface area (Å²) >= 11 is 0. The molecule has 0 amide bonds. The van der Waals surface area contributed by atoms with Crippen molar-refractivity contribution in [2.45, 2.75) is 147 Å². The van der Waals surface area contributed by atoms with Gasteiger partial charge in [-0.25, -0.2) is 15.0 Å². The third-order valence-electron chi connectivity index (χ3n) is 6.97. The maximum atomic E-state index is 4.39. The molecule has 8 nitrogen and oxygen atoms in total. The normalized spacial score (nSPS) is 12.3. The van der Waals surface area contributed by atoms with E-state index in [2.05, 4.69) is 115 Å². The summed E-state index contributed by atoms with van der Waals surface area (Å²) in [6.45, 7) is 30.8. The van der Waals surface area contributed by atoms with Crippen molar-refractivity contribution < 1.29 is 0 Å². The van der Waals surface area contributed by atoms with Gasteiger partial charge in [0.15, 0.2) is 0 Å². The molecule has 0 fully saturated rings. The van der Waals surface area contributed by atoms with Crippen molar-refractivity contribution in [3.63, 3.8) is 0 Å². The predicted octanol–water partition coefficient (Wildman–Crippen LogP) is 12.0. The summed E-state index contributed by atoms with van der Waals surface area (Å²) in [5.41, 5.74) is 2.79. The van der Waals surface area contributed by atoms with Gasteiger partial charge in [0.1, 0.15) is 11.6 Å². The highest BCUT2D eigenvalue weighted by atomic mass is 15.2. The number of nitrogens with one attached hydrogen (secondary N) is 1. The van der Waals surface area contributed by atoms with E-state index >= 15 is 0 Å². The predicted molar refractivity (Wildman–Crippen MR) is 228 cm³/mol. The Hall–Kier alpha value is -3.81. The molecule has 288 valence electrons. The van der Waals surface area contributed by atoms with E-state index in [9.17, 15) is 0 Å². The number of hydrogen-bond donors (Lipinski definition) is 1. The summed E-state index contributed by atoms with van der Waals surface area (Å²) in [6.07, 6.45) is 19.2. The highest BCUT2D eigenvalue weighted by Crippen LogP contribution is 2.12. The zero-order valence-corrected chi connectivity index (χ0v) is 35.3. The molecule has 0 saturated heterocycles. The Bertz CT molecular complexity index is 1240. The topological polar surface area (TPSA) is 83.6 Å². The highest BCUT2D eigenvalue weighted by Gasteiger charge is 2.07. The van der Waals surface area contributed by atoms with E-state index in [0.29, 0.717) is 18.1 Å². The Kier molecular flexibility index (Phi) is 31.1. The van der Waals surface area contributed by atoms with Crippen LogP contribution in [0.15, 0.2) is 89.8 Å². The lowest BCUT2D eigenvalue weighted by Gasteiger charge is -2.21. The molecule has 5 rings (SSSR count). The van der Waals surface area contributed by atoms with Crippen LogP contribution in [0.2, 0.25) is 0 Å². The first-order valence-corrected chi connectivity index (χ1v) is 19.4. The average molecular weight is 705 g/mol. The molecule has 2 aliphatic heterocycles. The van der Waals surface area contributed by atoms with Gasteiger partial charge in [-0.15, -0.1) is 0 Å². The fourth-order valence-corrected chi connectivity index (χ4v) is 4.39. The van der Waals surface area contributed by atoms with Crippen LogP contribution in [0.4, 0.5) is 11.6 Å². The highest BCUT2D eigenvalue weighted by molar-refractivity contribution is 5.88. The van der Waals surface area contributed by atoms with Gasteiger partial charge in [0.25, 0.3) is 0 Å². The van der Waals surface area contributed by atoms with Gasteiger partial charge in [-0.05, 0) is 103 Å². The maximum Gasteiger partial charge on any atom is 0.128 e. The number of hydrogen-bond acceptors (Lipinski definition) is 7. The number of aromatic nitrogens is 4. The first-order valence-electron chi connectivity index (χ1n) is 19.4. The Labute approximate surface area is 314 Å². The standard InChI is InChI=1S/C9H14N2.C8H12N2.C8H15N.C8H13N.C6H10N2.2C2H6/c1-8(2)11(3)9-6-4-5-7-10-9;1-7(2)10-8-5-3-4-6-9-8;2*1-7(2)6-8-4-3-5-9-8;1-6(2)8-4-3-7-5-8;2*1-2/h4-8H,1-3H3;3-7H,1-2H3,(H,9,10);7H,3-6H2,1-2H3;3,5,7H,4,6H2,1-2H3;3-6H,1-2H3;2*1-2H3. The molecule has 3 aromatic heterocycles. The third kappa shape index (κ3) is 27.6. The SMILES string of the molecule is CC.CC.CC(C)CC1=NC=CC1.CC(C)CC1=NCCC1.CC(C)N(C)c1ccccn1.CC(C)Nc1ccccn1.CC(C)n1ccnc1. The fraction of sp³-hybridized carbons (Fsp3) is 0.605. The Morgan fingerprint density at radius 1 is 0.765 bits per heavy atom. The zero-order valence-electron chi connectivity index (χ0n) is 35.3. The fourth-order valence-electron chi connectivity index (χ4n) is 4.39. The lowest BCUT2D eigenvalue weighted by Crippen LogP contribution is -2.26. The monoisotopic (exact) mass is 705 g/mol.